The monoisotopic (exact) mass is 243 g/mol. The molecule has 1 heterocycles. The van der Waals surface area contributed by atoms with Crippen molar-refractivity contribution in [2.24, 2.45) is 5.92 Å². The van der Waals surface area contributed by atoms with Crippen molar-refractivity contribution in [2.45, 2.75) is 45.7 Å². The second-order valence-electron chi connectivity index (χ2n) is 4.56. The first kappa shape index (κ1) is 13.5. The van der Waals surface area contributed by atoms with Crippen LogP contribution in [0.2, 0.25) is 0 Å². The normalized spacial score (nSPS) is 13.3. The van der Waals surface area contributed by atoms with Gasteiger partial charge in [0.05, 0.1) is 6.20 Å². The second-order valence-corrected chi connectivity index (χ2v) is 5.18. The van der Waals surface area contributed by atoms with E-state index in [9.17, 15) is 0 Å². The molecule has 1 aromatic rings. The van der Waals surface area contributed by atoms with Crippen LogP contribution in [0.1, 0.15) is 32.8 Å². The lowest BCUT2D eigenvalue weighted by Crippen LogP contribution is -2.23. The van der Waals surface area contributed by atoms with E-state index in [2.05, 4.69) is 37.4 Å². The van der Waals surface area contributed by atoms with Crippen LogP contribution in [-0.4, -0.2) is 21.7 Å². The Hall–Kier alpha value is -0.540. The molecule has 0 aliphatic carbocycles. The maximum Gasteiger partial charge on any atom is 0.0534 e. The average Bonchev–Trinajstić information content (AvgIpc) is 2.64. The van der Waals surface area contributed by atoms with Crippen molar-refractivity contribution >= 4 is 11.6 Å². The Morgan fingerprint density at radius 3 is 2.81 bits per heavy atom. The molecule has 0 bridgehead atoms. The van der Waals surface area contributed by atoms with Crippen molar-refractivity contribution in [1.29, 1.82) is 0 Å². The van der Waals surface area contributed by atoms with E-state index >= 15 is 0 Å². The third kappa shape index (κ3) is 4.99. The van der Waals surface area contributed by atoms with Crippen LogP contribution >= 0.6 is 11.6 Å². The molecule has 0 aliphatic heterocycles. The summed E-state index contributed by atoms with van der Waals surface area (Å²) in [4.78, 5) is 0. The number of rotatable bonds is 7. The van der Waals surface area contributed by atoms with E-state index in [1.165, 1.54) is 5.56 Å². The van der Waals surface area contributed by atoms with E-state index in [0.717, 1.165) is 26.1 Å². The fourth-order valence-electron chi connectivity index (χ4n) is 1.64. The van der Waals surface area contributed by atoms with E-state index in [1.54, 1.807) is 0 Å². The van der Waals surface area contributed by atoms with Crippen molar-refractivity contribution in [3.63, 3.8) is 0 Å². The highest BCUT2D eigenvalue weighted by molar-refractivity contribution is 6.20. The van der Waals surface area contributed by atoms with Gasteiger partial charge in [-0.2, -0.15) is 5.10 Å². The quantitative estimate of drug-likeness (QED) is 0.747. The summed E-state index contributed by atoms with van der Waals surface area (Å²) in [6, 6.07) is 0. The van der Waals surface area contributed by atoms with E-state index in [1.807, 2.05) is 10.9 Å². The van der Waals surface area contributed by atoms with Gasteiger partial charge < -0.3 is 5.32 Å². The Labute approximate surface area is 103 Å². The number of alkyl halides is 1. The number of aryl methyl sites for hydroxylation is 1. The van der Waals surface area contributed by atoms with Gasteiger partial charge in [0.25, 0.3) is 0 Å². The van der Waals surface area contributed by atoms with Crippen molar-refractivity contribution < 1.29 is 0 Å². The molecule has 4 heteroatoms. The summed E-state index contributed by atoms with van der Waals surface area (Å²) in [5.74, 6) is 0.659. The van der Waals surface area contributed by atoms with E-state index < -0.39 is 0 Å². The highest BCUT2D eigenvalue weighted by Gasteiger charge is 2.06. The largest absolute Gasteiger partial charge is 0.311 e. The molecule has 1 aromatic heterocycles. The number of nitrogens with one attached hydrogen (secondary N) is 1. The summed E-state index contributed by atoms with van der Waals surface area (Å²) in [6.07, 6.45) is 5.03. The minimum Gasteiger partial charge on any atom is -0.311 e. The summed E-state index contributed by atoms with van der Waals surface area (Å²) < 4.78 is 1.93. The minimum absolute atomic E-state index is 0.223. The van der Waals surface area contributed by atoms with Crippen LogP contribution in [0.5, 0.6) is 0 Å². The molecule has 1 atom stereocenters. The van der Waals surface area contributed by atoms with Gasteiger partial charge >= 0.3 is 0 Å². The zero-order chi connectivity index (χ0) is 12.0. The number of halogens is 1. The van der Waals surface area contributed by atoms with Crippen LogP contribution in [0.15, 0.2) is 12.4 Å². The van der Waals surface area contributed by atoms with Crippen LogP contribution < -0.4 is 5.32 Å². The second kappa shape index (κ2) is 6.92. The Balaban J connectivity index is 2.19. The fraction of sp³-hybridized carbons (Fsp3) is 0.750. The molecule has 1 unspecified atom stereocenters. The first-order valence-corrected chi connectivity index (χ1v) is 6.41. The van der Waals surface area contributed by atoms with Gasteiger partial charge in [-0.1, -0.05) is 13.8 Å². The summed E-state index contributed by atoms with van der Waals surface area (Å²) >= 11 is 6.19. The number of nitrogens with zero attached hydrogens (tertiary/aromatic N) is 2. The van der Waals surface area contributed by atoms with E-state index in [0.29, 0.717) is 5.92 Å². The van der Waals surface area contributed by atoms with E-state index in [-0.39, 0.29) is 5.38 Å². The van der Waals surface area contributed by atoms with Crippen LogP contribution in [-0.2, 0) is 13.1 Å². The Morgan fingerprint density at radius 1 is 1.50 bits per heavy atom. The molecule has 0 saturated carbocycles. The first-order chi connectivity index (χ1) is 7.61. The van der Waals surface area contributed by atoms with Gasteiger partial charge in [-0.25, -0.2) is 0 Å². The fourth-order valence-corrected chi connectivity index (χ4v) is 2.10. The Bertz CT molecular complexity index is 296. The zero-order valence-electron chi connectivity index (χ0n) is 10.4. The predicted molar refractivity (Wildman–Crippen MR) is 68.7 cm³/mol. The smallest absolute Gasteiger partial charge is 0.0534 e. The summed E-state index contributed by atoms with van der Waals surface area (Å²) in [5.41, 5.74) is 1.22. The lowest BCUT2D eigenvalue weighted by Gasteiger charge is -2.12. The zero-order valence-corrected chi connectivity index (χ0v) is 11.2. The summed E-state index contributed by atoms with van der Waals surface area (Å²) in [6.45, 7) is 9.10. The van der Waals surface area contributed by atoms with Crippen LogP contribution in [0.3, 0.4) is 0 Å². The van der Waals surface area contributed by atoms with Gasteiger partial charge in [0.2, 0.25) is 0 Å². The summed E-state index contributed by atoms with van der Waals surface area (Å²) in [7, 11) is 0. The highest BCUT2D eigenvalue weighted by Crippen LogP contribution is 2.09. The molecular weight excluding hydrogens is 222 g/mol. The van der Waals surface area contributed by atoms with Crippen molar-refractivity contribution in [2.75, 3.05) is 6.54 Å². The highest BCUT2D eigenvalue weighted by atomic mass is 35.5. The molecule has 0 radical (unpaired) electrons. The van der Waals surface area contributed by atoms with Gasteiger partial charge in [0.15, 0.2) is 0 Å². The molecule has 3 nitrogen and oxygen atoms in total. The van der Waals surface area contributed by atoms with Crippen molar-refractivity contribution in [3.8, 4) is 0 Å². The molecule has 0 aliphatic rings. The molecule has 0 saturated heterocycles. The molecular formula is C12H22ClN3. The van der Waals surface area contributed by atoms with Gasteiger partial charge in [0.1, 0.15) is 0 Å². The molecule has 1 rings (SSSR count). The molecule has 0 fully saturated rings. The molecule has 92 valence electrons. The predicted octanol–water partition coefficient (Wildman–Crippen LogP) is 2.65. The standard InChI is InChI=1S/C12H22ClN3/c1-4-16-9-11(7-15-16)6-14-8-12(13)5-10(2)3/h7,9-10,12,14H,4-6,8H2,1-3H3. The van der Waals surface area contributed by atoms with Crippen LogP contribution in [0.4, 0.5) is 0 Å². The SMILES string of the molecule is CCn1cc(CNCC(Cl)CC(C)C)cn1. The maximum absolute atomic E-state index is 6.19. The van der Waals surface area contributed by atoms with Gasteiger partial charge in [-0.05, 0) is 19.3 Å². The molecule has 0 spiro atoms. The first-order valence-electron chi connectivity index (χ1n) is 5.98. The van der Waals surface area contributed by atoms with Crippen molar-refractivity contribution in [3.05, 3.63) is 18.0 Å². The Kier molecular flexibility index (Phi) is 5.85. The van der Waals surface area contributed by atoms with Gasteiger partial charge in [-0.3, -0.25) is 4.68 Å². The minimum atomic E-state index is 0.223. The number of hydrogen-bond donors (Lipinski definition) is 1. The lowest BCUT2D eigenvalue weighted by molar-refractivity contribution is 0.533. The average molecular weight is 244 g/mol. The lowest BCUT2D eigenvalue weighted by atomic mass is 10.1. The Morgan fingerprint density at radius 2 is 2.25 bits per heavy atom. The number of aromatic nitrogens is 2. The van der Waals surface area contributed by atoms with E-state index in [4.69, 9.17) is 11.6 Å². The van der Waals surface area contributed by atoms with Crippen molar-refractivity contribution in [1.82, 2.24) is 15.1 Å². The topological polar surface area (TPSA) is 29.9 Å². The third-order valence-corrected chi connectivity index (χ3v) is 2.77. The summed E-state index contributed by atoms with van der Waals surface area (Å²) in [5, 5.41) is 7.81. The molecule has 0 aromatic carbocycles. The van der Waals surface area contributed by atoms with Crippen LogP contribution in [0, 0.1) is 5.92 Å². The van der Waals surface area contributed by atoms with Crippen LogP contribution in [0.25, 0.3) is 0 Å². The molecule has 1 N–H and O–H groups in total. The van der Waals surface area contributed by atoms with Gasteiger partial charge in [0, 0.05) is 36.8 Å². The third-order valence-electron chi connectivity index (χ3n) is 2.43. The molecule has 16 heavy (non-hydrogen) atoms. The number of hydrogen-bond acceptors (Lipinski definition) is 2. The molecule has 0 amide bonds. The maximum atomic E-state index is 6.19. The van der Waals surface area contributed by atoms with Gasteiger partial charge in [-0.15, -0.1) is 11.6 Å².